The first-order valence-electron chi connectivity index (χ1n) is 9.41. The van der Waals surface area contributed by atoms with Crippen LogP contribution >= 0.6 is 0 Å². The van der Waals surface area contributed by atoms with E-state index in [4.69, 9.17) is 4.74 Å². The molecular weight excluding hydrogens is 392 g/mol. The van der Waals surface area contributed by atoms with Crippen molar-refractivity contribution in [2.45, 2.75) is 31.6 Å². The monoisotopic (exact) mass is 416 g/mol. The number of rotatable bonds is 6. The summed E-state index contributed by atoms with van der Waals surface area (Å²) in [5.41, 5.74) is 2.46. The van der Waals surface area contributed by atoms with Crippen molar-refractivity contribution in [2.24, 2.45) is 0 Å². The average Bonchev–Trinajstić information content (AvgIpc) is 3.23. The first kappa shape index (κ1) is 20.9. The number of benzene rings is 2. The third-order valence-corrected chi connectivity index (χ3v) is 6.33. The summed E-state index contributed by atoms with van der Waals surface area (Å²) >= 11 is 0. The first-order valence-corrected chi connectivity index (χ1v) is 10.9. The van der Waals surface area contributed by atoms with E-state index in [1.54, 1.807) is 23.1 Å². The number of esters is 1. The van der Waals surface area contributed by atoms with Gasteiger partial charge in [0.25, 0.3) is 15.9 Å². The van der Waals surface area contributed by atoms with Crippen molar-refractivity contribution in [3.63, 3.8) is 0 Å². The van der Waals surface area contributed by atoms with E-state index in [1.807, 2.05) is 13.8 Å². The molecule has 0 unspecified atom stereocenters. The quantitative estimate of drug-likeness (QED) is 0.731. The lowest BCUT2D eigenvalue weighted by atomic mass is 10.1. The highest BCUT2D eigenvalue weighted by Gasteiger charge is 2.20. The Morgan fingerprint density at radius 2 is 1.66 bits per heavy atom. The number of amides is 1. The van der Waals surface area contributed by atoms with E-state index < -0.39 is 16.0 Å². The van der Waals surface area contributed by atoms with Gasteiger partial charge in [-0.25, -0.2) is 13.2 Å². The smallest absolute Gasteiger partial charge is 0.338 e. The zero-order valence-electron chi connectivity index (χ0n) is 16.5. The van der Waals surface area contributed by atoms with Gasteiger partial charge in [0.05, 0.1) is 10.5 Å². The van der Waals surface area contributed by atoms with Crippen molar-refractivity contribution in [3.8, 4) is 0 Å². The number of anilines is 1. The number of carbonyl (C=O) groups excluding carboxylic acids is 2. The van der Waals surface area contributed by atoms with Crippen LogP contribution in [0.15, 0.2) is 47.4 Å². The summed E-state index contributed by atoms with van der Waals surface area (Å²) in [6.07, 6.45) is 1.94. The predicted molar refractivity (Wildman–Crippen MR) is 109 cm³/mol. The molecule has 0 radical (unpaired) electrons. The van der Waals surface area contributed by atoms with Gasteiger partial charge in [-0.15, -0.1) is 0 Å². The van der Waals surface area contributed by atoms with Gasteiger partial charge in [0.2, 0.25) is 0 Å². The Morgan fingerprint density at radius 3 is 2.28 bits per heavy atom. The van der Waals surface area contributed by atoms with Crippen molar-refractivity contribution in [1.29, 1.82) is 0 Å². The standard InChI is InChI=1S/C21H24N2O5S/c1-15-5-10-19(13-16(15)2)29(26,27)22-18-8-6-17(7-9-18)21(25)28-14-20(24)23-11-3-4-12-23/h5-10,13,22H,3-4,11-12,14H2,1-2H3. The predicted octanol–water partition coefficient (Wildman–Crippen LogP) is 2.88. The van der Waals surface area contributed by atoms with Gasteiger partial charge in [-0.2, -0.15) is 0 Å². The SMILES string of the molecule is Cc1ccc(S(=O)(=O)Nc2ccc(C(=O)OCC(=O)N3CCCC3)cc2)cc1C. The van der Waals surface area contributed by atoms with E-state index in [1.165, 1.54) is 24.3 Å². The minimum atomic E-state index is -3.73. The van der Waals surface area contributed by atoms with Crippen LogP contribution in [0.3, 0.4) is 0 Å². The molecule has 3 rings (SSSR count). The average molecular weight is 416 g/mol. The van der Waals surface area contributed by atoms with Crippen LogP contribution in [0.4, 0.5) is 5.69 Å². The van der Waals surface area contributed by atoms with Crippen LogP contribution in [-0.4, -0.2) is 44.9 Å². The van der Waals surface area contributed by atoms with Crippen LogP contribution in [0, 0.1) is 13.8 Å². The second kappa shape index (κ2) is 8.65. The van der Waals surface area contributed by atoms with Gasteiger partial charge in [0.1, 0.15) is 0 Å². The molecule has 1 saturated heterocycles. The second-order valence-electron chi connectivity index (χ2n) is 7.09. The van der Waals surface area contributed by atoms with Crippen molar-refractivity contribution < 1.29 is 22.7 Å². The molecular formula is C21H24N2O5S. The number of nitrogens with one attached hydrogen (secondary N) is 1. The topological polar surface area (TPSA) is 92.8 Å². The summed E-state index contributed by atoms with van der Waals surface area (Å²) in [5.74, 6) is -0.824. The fraction of sp³-hybridized carbons (Fsp3) is 0.333. The molecule has 2 aromatic carbocycles. The Hall–Kier alpha value is -2.87. The van der Waals surface area contributed by atoms with Crippen molar-refractivity contribution in [3.05, 3.63) is 59.2 Å². The highest BCUT2D eigenvalue weighted by Crippen LogP contribution is 2.19. The molecule has 0 bridgehead atoms. The summed E-state index contributed by atoms with van der Waals surface area (Å²) < 4.78 is 32.6. The van der Waals surface area contributed by atoms with Gasteiger partial charge in [-0.3, -0.25) is 9.52 Å². The van der Waals surface area contributed by atoms with Crippen LogP contribution < -0.4 is 4.72 Å². The molecule has 0 aromatic heterocycles. The number of likely N-dealkylation sites (tertiary alicyclic amines) is 1. The number of hydrogen-bond acceptors (Lipinski definition) is 5. The van der Waals surface area contributed by atoms with Gasteiger partial charge in [0.15, 0.2) is 6.61 Å². The minimum Gasteiger partial charge on any atom is -0.452 e. The van der Waals surface area contributed by atoms with Gasteiger partial charge in [-0.05, 0) is 74.2 Å². The number of carbonyl (C=O) groups is 2. The number of aryl methyl sites for hydroxylation is 2. The maximum absolute atomic E-state index is 12.5. The molecule has 8 heteroatoms. The Kier molecular flexibility index (Phi) is 6.22. The molecule has 154 valence electrons. The van der Waals surface area contributed by atoms with Gasteiger partial charge in [-0.1, -0.05) is 6.07 Å². The minimum absolute atomic E-state index is 0.171. The van der Waals surface area contributed by atoms with Gasteiger partial charge >= 0.3 is 5.97 Å². The largest absolute Gasteiger partial charge is 0.452 e. The summed E-state index contributed by atoms with van der Waals surface area (Å²) in [6, 6.07) is 10.8. The number of ether oxygens (including phenoxy) is 1. The number of sulfonamides is 1. The molecule has 1 fully saturated rings. The molecule has 0 saturated carbocycles. The van der Waals surface area contributed by atoms with Crippen molar-refractivity contribution in [1.82, 2.24) is 4.90 Å². The Balaban J connectivity index is 1.61. The van der Waals surface area contributed by atoms with Crippen LogP contribution in [0.25, 0.3) is 0 Å². The molecule has 1 heterocycles. The summed E-state index contributed by atoms with van der Waals surface area (Å²) in [7, 11) is -3.73. The van der Waals surface area contributed by atoms with Crippen LogP contribution in [0.5, 0.6) is 0 Å². The fourth-order valence-electron chi connectivity index (χ4n) is 3.04. The van der Waals surface area contributed by atoms with Crippen molar-refractivity contribution in [2.75, 3.05) is 24.4 Å². The van der Waals surface area contributed by atoms with E-state index in [-0.39, 0.29) is 23.0 Å². The normalized spacial score (nSPS) is 13.9. The molecule has 0 atom stereocenters. The molecule has 7 nitrogen and oxygen atoms in total. The molecule has 0 aliphatic carbocycles. The van der Waals surface area contributed by atoms with E-state index in [0.29, 0.717) is 18.8 Å². The molecule has 1 N–H and O–H groups in total. The molecule has 2 aromatic rings. The lowest BCUT2D eigenvalue weighted by molar-refractivity contribution is -0.133. The summed E-state index contributed by atoms with van der Waals surface area (Å²) in [6.45, 7) is 4.87. The maximum Gasteiger partial charge on any atom is 0.338 e. The maximum atomic E-state index is 12.5. The van der Waals surface area contributed by atoms with E-state index in [2.05, 4.69) is 4.72 Å². The molecule has 1 amide bonds. The van der Waals surface area contributed by atoms with Crippen molar-refractivity contribution >= 4 is 27.6 Å². The Morgan fingerprint density at radius 1 is 1.00 bits per heavy atom. The third kappa shape index (κ3) is 5.14. The van der Waals surface area contributed by atoms with E-state index >= 15 is 0 Å². The zero-order valence-corrected chi connectivity index (χ0v) is 17.3. The summed E-state index contributed by atoms with van der Waals surface area (Å²) in [5, 5.41) is 0. The van der Waals surface area contributed by atoms with Crippen LogP contribution in [0.2, 0.25) is 0 Å². The second-order valence-corrected chi connectivity index (χ2v) is 8.78. The molecule has 29 heavy (non-hydrogen) atoms. The zero-order chi connectivity index (χ0) is 21.0. The first-order chi connectivity index (χ1) is 13.8. The van der Waals surface area contributed by atoms with Gasteiger partial charge in [0, 0.05) is 18.8 Å². The van der Waals surface area contributed by atoms with Crippen LogP contribution in [0.1, 0.15) is 34.3 Å². The Labute approximate surface area is 170 Å². The molecule has 0 spiro atoms. The fourth-order valence-corrected chi connectivity index (χ4v) is 4.18. The summed E-state index contributed by atoms with van der Waals surface area (Å²) in [4.78, 5) is 25.9. The van der Waals surface area contributed by atoms with Gasteiger partial charge < -0.3 is 9.64 Å². The highest BCUT2D eigenvalue weighted by atomic mass is 32.2. The van der Waals surface area contributed by atoms with Crippen LogP contribution in [-0.2, 0) is 19.6 Å². The lowest BCUT2D eigenvalue weighted by Gasteiger charge is -2.15. The number of hydrogen-bond donors (Lipinski definition) is 1. The lowest BCUT2D eigenvalue weighted by Crippen LogP contribution is -2.32. The number of nitrogens with zero attached hydrogens (tertiary/aromatic N) is 1. The molecule has 1 aliphatic rings. The van der Waals surface area contributed by atoms with E-state index in [9.17, 15) is 18.0 Å². The third-order valence-electron chi connectivity index (χ3n) is 4.95. The highest BCUT2D eigenvalue weighted by molar-refractivity contribution is 7.92. The van der Waals surface area contributed by atoms with E-state index in [0.717, 1.165) is 24.0 Å². The molecule has 1 aliphatic heterocycles. The Bertz CT molecular complexity index is 1010.